The number of ether oxygens (including phenoxy) is 1. The molecule has 0 bridgehead atoms. The molecule has 21 heavy (non-hydrogen) atoms. The summed E-state index contributed by atoms with van der Waals surface area (Å²) in [5.74, 6) is 0.910. The third-order valence-electron chi connectivity index (χ3n) is 2.72. The highest BCUT2D eigenvalue weighted by atomic mass is 79.9. The molecule has 0 atom stereocenters. The molecule has 1 aromatic carbocycles. The molecule has 0 radical (unpaired) electrons. The zero-order valence-corrected chi connectivity index (χ0v) is 13.9. The normalized spacial score (nSPS) is 10.3. The average Bonchev–Trinajstić information content (AvgIpc) is 2.48. The highest BCUT2D eigenvalue weighted by Crippen LogP contribution is 2.24. The van der Waals surface area contributed by atoms with Gasteiger partial charge in [-0.15, -0.1) is 0 Å². The molecule has 0 unspecified atom stereocenters. The van der Waals surface area contributed by atoms with Gasteiger partial charge in [0.25, 0.3) is 0 Å². The first kappa shape index (κ1) is 15.5. The van der Waals surface area contributed by atoms with Gasteiger partial charge in [0.1, 0.15) is 0 Å². The summed E-state index contributed by atoms with van der Waals surface area (Å²) in [5.41, 5.74) is 2.03. The maximum absolute atomic E-state index is 5.48. The number of nitrogens with one attached hydrogen (secondary N) is 2. The number of anilines is 3. The van der Waals surface area contributed by atoms with Crippen LogP contribution in [0.1, 0.15) is 18.9 Å². The molecule has 2 aromatic rings. The first-order valence-corrected chi connectivity index (χ1v) is 7.51. The Morgan fingerprint density at radius 2 is 1.95 bits per heavy atom. The molecule has 112 valence electrons. The number of aryl methyl sites for hydroxylation is 1. The van der Waals surface area contributed by atoms with Crippen LogP contribution in [0.4, 0.5) is 17.6 Å². The Hall–Kier alpha value is -1.89. The highest BCUT2D eigenvalue weighted by molar-refractivity contribution is 9.10. The third-order valence-corrected chi connectivity index (χ3v) is 3.21. The van der Waals surface area contributed by atoms with Gasteiger partial charge in [-0.1, -0.05) is 28.9 Å². The third kappa shape index (κ3) is 4.29. The van der Waals surface area contributed by atoms with Crippen molar-refractivity contribution in [3.63, 3.8) is 0 Å². The van der Waals surface area contributed by atoms with Crippen LogP contribution in [0.2, 0.25) is 0 Å². The van der Waals surface area contributed by atoms with Crippen molar-refractivity contribution in [2.45, 2.75) is 20.3 Å². The number of nitrogens with zero attached hydrogens (tertiary/aromatic N) is 3. The van der Waals surface area contributed by atoms with E-state index >= 15 is 0 Å². The second-order valence-electron chi connectivity index (χ2n) is 4.45. The van der Waals surface area contributed by atoms with Crippen molar-refractivity contribution in [2.24, 2.45) is 0 Å². The van der Waals surface area contributed by atoms with Crippen LogP contribution in [-0.2, 0) is 0 Å². The van der Waals surface area contributed by atoms with Crippen LogP contribution in [0.15, 0.2) is 22.7 Å². The smallest absolute Gasteiger partial charge is 0.323 e. The number of halogens is 1. The monoisotopic (exact) mass is 351 g/mol. The molecule has 0 spiro atoms. The summed E-state index contributed by atoms with van der Waals surface area (Å²) in [5, 5.41) is 6.10. The number of benzene rings is 1. The van der Waals surface area contributed by atoms with Crippen LogP contribution in [0.25, 0.3) is 0 Å². The van der Waals surface area contributed by atoms with Crippen molar-refractivity contribution < 1.29 is 4.74 Å². The second-order valence-corrected chi connectivity index (χ2v) is 5.36. The van der Waals surface area contributed by atoms with Crippen molar-refractivity contribution in [1.29, 1.82) is 0 Å². The van der Waals surface area contributed by atoms with Gasteiger partial charge in [-0.05, 0) is 31.0 Å². The minimum absolute atomic E-state index is 0.311. The fraction of sp³-hybridized carbons (Fsp3) is 0.357. The fourth-order valence-electron chi connectivity index (χ4n) is 1.63. The van der Waals surface area contributed by atoms with E-state index in [1.54, 1.807) is 7.05 Å². The summed E-state index contributed by atoms with van der Waals surface area (Å²) in [4.78, 5) is 12.7. The van der Waals surface area contributed by atoms with E-state index in [1.807, 2.05) is 32.0 Å². The standard InChI is InChI=1S/C14H18BrN5O/c1-4-7-21-14-19-12(16-3)18-13(20-14)17-11-8-10(15)6-5-9(11)2/h5-6,8H,4,7H2,1-3H3,(H2,16,17,18,19,20). The molecule has 7 heteroatoms. The molecule has 0 aliphatic heterocycles. The molecule has 0 aliphatic rings. The average molecular weight is 352 g/mol. The Bertz CT molecular complexity index is 620. The lowest BCUT2D eigenvalue weighted by atomic mass is 10.2. The molecular formula is C14H18BrN5O. The molecule has 0 amide bonds. The number of rotatable bonds is 6. The van der Waals surface area contributed by atoms with Crippen LogP contribution in [-0.4, -0.2) is 28.6 Å². The van der Waals surface area contributed by atoms with Crippen LogP contribution in [0.5, 0.6) is 6.01 Å². The summed E-state index contributed by atoms with van der Waals surface area (Å²) >= 11 is 3.46. The number of aromatic nitrogens is 3. The summed E-state index contributed by atoms with van der Waals surface area (Å²) in [6.07, 6.45) is 0.897. The number of hydrogen-bond acceptors (Lipinski definition) is 6. The predicted molar refractivity (Wildman–Crippen MR) is 87.3 cm³/mol. The van der Waals surface area contributed by atoms with Gasteiger partial charge in [-0.25, -0.2) is 0 Å². The molecule has 1 heterocycles. The van der Waals surface area contributed by atoms with Gasteiger partial charge in [0.15, 0.2) is 0 Å². The van der Waals surface area contributed by atoms with E-state index in [9.17, 15) is 0 Å². The first-order valence-electron chi connectivity index (χ1n) is 6.72. The largest absolute Gasteiger partial charge is 0.463 e. The van der Waals surface area contributed by atoms with Gasteiger partial charge >= 0.3 is 6.01 Å². The Kier molecular flexibility index (Phi) is 5.32. The van der Waals surface area contributed by atoms with Crippen molar-refractivity contribution in [3.8, 4) is 6.01 Å². The summed E-state index contributed by atoms with van der Waals surface area (Å²) in [7, 11) is 1.76. The van der Waals surface area contributed by atoms with E-state index < -0.39 is 0 Å². The van der Waals surface area contributed by atoms with E-state index in [0.29, 0.717) is 24.5 Å². The van der Waals surface area contributed by atoms with Gasteiger partial charge in [-0.2, -0.15) is 15.0 Å². The molecule has 6 nitrogen and oxygen atoms in total. The first-order chi connectivity index (χ1) is 10.1. The molecule has 2 rings (SSSR count). The maximum atomic E-state index is 5.48. The van der Waals surface area contributed by atoms with E-state index in [4.69, 9.17) is 4.74 Å². The zero-order chi connectivity index (χ0) is 15.2. The Morgan fingerprint density at radius 3 is 2.67 bits per heavy atom. The van der Waals surface area contributed by atoms with E-state index in [1.165, 1.54) is 0 Å². The van der Waals surface area contributed by atoms with E-state index in [2.05, 4.69) is 41.5 Å². The van der Waals surface area contributed by atoms with Gasteiger partial charge in [0.05, 0.1) is 6.61 Å². The molecule has 0 saturated heterocycles. The molecule has 0 saturated carbocycles. The fourth-order valence-corrected chi connectivity index (χ4v) is 1.99. The van der Waals surface area contributed by atoms with Gasteiger partial charge < -0.3 is 15.4 Å². The summed E-state index contributed by atoms with van der Waals surface area (Å²) in [6, 6.07) is 6.29. The second kappa shape index (κ2) is 7.21. The van der Waals surface area contributed by atoms with Gasteiger partial charge in [0.2, 0.25) is 11.9 Å². The Balaban J connectivity index is 2.27. The Labute approximate surface area is 132 Å². The molecule has 0 aliphatic carbocycles. The Morgan fingerprint density at radius 1 is 1.19 bits per heavy atom. The molecule has 2 N–H and O–H groups in total. The van der Waals surface area contributed by atoms with Crippen LogP contribution < -0.4 is 15.4 Å². The minimum atomic E-state index is 0.311. The SMILES string of the molecule is CCCOc1nc(NC)nc(Nc2cc(Br)ccc2C)n1. The predicted octanol–water partition coefficient (Wildman–Crippen LogP) is 3.52. The van der Waals surface area contributed by atoms with Crippen LogP contribution >= 0.6 is 15.9 Å². The van der Waals surface area contributed by atoms with E-state index in [-0.39, 0.29) is 0 Å². The maximum Gasteiger partial charge on any atom is 0.323 e. The zero-order valence-electron chi connectivity index (χ0n) is 12.3. The van der Waals surface area contributed by atoms with Crippen molar-refractivity contribution in [2.75, 3.05) is 24.3 Å². The van der Waals surface area contributed by atoms with Gasteiger partial charge in [-0.3, -0.25) is 0 Å². The topological polar surface area (TPSA) is 72.0 Å². The lowest BCUT2D eigenvalue weighted by Gasteiger charge is -2.11. The minimum Gasteiger partial charge on any atom is -0.463 e. The summed E-state index contributed by atoms with van der Waals surface area (Å²) < 4.78 is 6.47. The molecule has 0 fully saturated rings. The lowest BCUT2D eigenvalue weighted by Crippen LogP contribution is -2.08. The van der Waals surface area contributed by atoms with Gasteiger partial charge in [0, 0.05) is 17.2 Å². The molecule has 1 aromatic heterocycles. The highest BCUT2D eigenvalue weighted by Gasteiger charge is 2.08. The van der Waals surface area contributed by atoms with Crippen molar-refractivity contribution >= 4 is 33.5 Å². The lowest BCUT2D eigenvalue weighted by molar-refractivity contribution is 0.292. The van der Waals surface area contributed by atoms with Crippen LogP contribution in [0, 0.1) is 6.92 Å². The summed E-state index contributed by atoms with van der Waals surface area (Å²) in [6.45, 7) is 4.62. The van der Waals surface area contributed by atoms with Crippen molar-refractivity contribution in [1.82, 2.24) is 15.0 Å². The molecular weight excluding hydrogens is 334 g/mol. The van der Waals surface area contributed by atoms with Crippen LogP contribution in [0.3, 0.4) is 0 Å². The quantitative estimate of drug-likeness (QED) is 0.829. The number of hydrogen-bond donors (Lipinski definition) is 2. The van der Waals surface area contributed by atoms with Crippen molar-refractivity contribution in [3.05, 3.63) is 28.2 Å². The van der Waals surface area contributed by atoms with E-state index in [0.717, 1.165) is 22.1 Å².